The van der Waals surface area contributed by atoms with E-state index in [9.17, 15) is 10.1 Å². The average molecular weight is 265 g/mol. The second kappa shape index (κ2) is 5.54. The van der Waals surface area contributed by atoms with Gasteiger partial charge in [-0.2, -0.15) is 0 Å². The van der Waals surface area contributed by atoms with Crippen molar-refractivity contribution in [1.82, 2.24) is 0 Å². The maximum absolute atomic E-state index is 11.1. The molecule has 3 unspecified atom stereocenters. The number of nitrogens with two attached hydrogens (primary N) is 1. The highest BCUT2D eigenvalue weighted by atomic mass is 16.6. The number of ether oxygens (including phenoxy) is 1. The zero-order chi connectivity index (χ0) is 14.0. The van der Waals surface area contributed by atoms with Gasteiger partial charge in [-0.15, -0.1) is 0 Å². The summed E-state index contributed by atoms with van der Waals surface area (Å²) in [6.07, 6.45) is 0.812. The first-order valence-electron chi connectivity index (χ1n) is 6.41. The molecule has 0 amide bonds. The van der Waals surface area contributed by atoms with E-state index < -0.39 is 0 Å². The third-order valence-corrected chi connectivity index (χ3v) is 3.42. The van der Waals surface area contributed by atoms with Crippen LogP contribution in [0.1, 0.15) is 18.9 Å². The van der Waals surface area contributed by atoms with E-state index in [1.54, 1.807) is 12.1 Å². The molecule has 6 heteroatoms. The number of nitrogens with zero attached hydrogens (tertiary/aromatic N) is 1. The van der Waals surface area contributed by atoms with E-state index in [2.05, 4.69) is 5.32 Å². The molecule has 2 rings (SSSR count). The van der Waals surface area contributed by atoms with Gasteiger partial charge in [0.25, 0.3) is 5.69 Å². The minimum Gasteiger partial charge on any atom is -0.376 e. The number of hydrogen-bond donors (Lipinski definition) is 2. The SMILES string of the molecule is CCOC1CC(N)C1Nc1ccc(C)cc1[N+](=O)[O-]. The molecule has 1 aliphatic carbocycles. The molecule has 3 N–H and O–H groups in total. The molecule has 19 heavy (non-hydrogen) atoms. The Morgan fingerprint density at radius 3 is 2.89 bits per heavy atom. The molecular weight excluding hydrogens is 246 g/mol. The van der Waals surface area contributed by atoms with Gasteiger partial charge in [0.15, 0.2) is 0 Å². The highest BCUT2D eigenvalue weighted by molar-refractivity contribution is 5.63. The van der Waals surface area contributed by atoms with Crippen LogP contribution in [0, 0.1) is 17.0 Å². The van der Waals surface area contributed by atoms with E-state index in [4.69, 9.17) is 10.5 Å². The number of hydrogen-bond acceptors (Lipinski definition) is 5. The molecule has 1 saturated carbocycles. The fraction of sp³-hybridized carbons (Fsp3) is 0.538. The Balaban J connectivity index is 2.16. The van der Waals surface area contributed by atoms with Gasteiger partial charge in [0, 0.05) is 18.7 Å². The predicted octanol–water partition coefficient (Wildman–Crippen LogP) is 1.82. The molecule has 0 saturated heterocycles. The van der Waals surface area contributed by atoms with Crippen LogP contribution >= 0.6 is 0 Å². The Kier molecular flexibility index (Phi) is 4.01. The zero-order valence-corrected chi connectivity index (χ0v) is 11.1. The Labute approximate surface area is 112 Å². The molecule has 1 aromatic carbocycles. The van der Waals surface area contributed by atoms with Gasteiger partial charge in [-0.05, 0) is 31.9 Å². The van der Waals surface area contributed by atoms with Crippen molar-refractivity contribution in [2.75, 3.05) is 11.9 Å². The van der Waals surface area contributed by atoms with Crippen LogP contribution in [-0.2, 0) is 4.74 Å². The van der Waals surface area contributed by atoms with E-state index >= 15 is 0 Å². The van der Waals surface area contributed by atoms with Crippen molar-refractivity contribution in [2.45, 2.75) is 38.5 Å². The third-order valence-electron chi connectivity index (χ3n) is 3.42. The monoisotopic (exact) mass is 265 g/mol. The largest absolute Gasteiger partial charge is 0.376 e. The van der Waals surface area contributed by atoms with Crippen LogP contribution in [0.25, 0.3) is 0 Å². The number of nitro groups is 1. The lowest BCUT2D eigenvalue weighted by Gasteiger charge is -2.42. The van der Waals surface area contributed by atoms with Gasteiger partial charge in [0.2, 0.25) is 0 Å². The Morgan fingerprint density at radius 1 is 1.58 bits per heavy atom. The van der Waals surface area contributed by atoms with E-state index in [1.165, 1.54) is 0 Å². The van der Waals surface area contributed by atoms with Crippen molar-refractivity contribution in [3.63, 3.8) is 0 Å². The number of nitrogens with one attached hydrogen (secondary N) is 1. The summed E-state index contributed by atoms with van der Waals surface area (Å²) in [6, 6.07) is 5.03. The summed E-state index contributed by atoms with van der Waals surface area (Å²) in [7, 11) is 0. The molecule has 0 spiro atoms. The van der Waals surface area contributed by atoms with Crippen LogP contribution < -0.4 is 11.1 Å². The molecular formula is C13H19N3O3. The fourth-order valence-corrected chi connectivity index (χ4v) is 2.32. The number of anilines is 1. The molecule has 0 aromatic heterocycles. The van der Waals surface area contributed by atoms with Crippen molar-refractivity contribution in [2.24, 2.45) is 5.73 Å². The highest BCUT2D eigenvalue weighted by Gasteiger charge is 2.40. The number of nitro benzene ring substituents is 1. The summed E-state index contributed by atoms with van der Waals surface area (Å²) in [5, 5.41) is 14.2. The molecule has 3 atom stereocenters. The Bertz CT molecular complexity index is 476. The molecule has 6 nitrogen and oxygen atoms in total. The molecule has 0 bridgehead atoms. The lowest BCUT2D eigenvalue weighted by Crippen LogP contribution is -2.60. The lowest BCUT2D eigenvalue weighted by molar-refractivity contribution is -0.384. The first-order valence-corrected chi connectivity index (χ1v) is 6.41. The van der Waals surface area contributed by atoms with Crippen molar-refractivity contribution in [1.29, 1.82) is 0 Å². The average Bonchev–Trinajstić information content (AvgIpc) is 2.36. The van der Waals surface area contributed by atoms with E-state index in [0.29, 0.717) is 12.3 Å². The minimum atomic E-state index is -0.380. The standard InChI is InChI=1S/C13H19N3O3/c1-3-19-12-7-9(14)13(12)15-10-5-4-8(2)6-11(10)16(17)18/h4-6,9,12-13,15H,3,7,14H2,1-2H3. The molecule has 104 valence electrons. The van der Waals surface area contributed by atoms with Crippen molar-refractivity contribution in [3.05, 3.63) is 33.9 Å². The molecule has 0 heterocycles. The molecule has 1 aliphatic rings. The summed E-state index contributed by atoms with van der Waals surface area (Å²) in [5.41, 5.74) is 7.37. The van der Waals surface area contributed by atoms with Gasteiger partial charge >= 0.3 is 0 Å². The van der Waals surface area contributed by atoms with Gasteiger partial charge in [0.1, 0.15) is 5.69 Å². The number of benzene rings is 1. The predicted molar refractivity (Wildman–Crippen MR) is 73.3 cm³/mol. The van der Waals surface area contributed by atoms with Crippen molar-refractivity contribution in [3.8, 4) is 0 Å². The van der Waals surface area contributed by atoms with Crippen LogP contribution in [0.5, 0.6) is 0 Å². The summed E-state index contributed by atoms with van der Waals surface area (Å²) < 4.78 is 5.54. The first kappa shape index (κ1) is 13.8. The second-order valence-electron chi connectivity index (χ2n) is 4.84. The topological polar surface area (TPSA) is 90.4 Å². The maximum Gasteiger partial charge on any atom is 0.292 e. The van der Waals surface area contributed by atoms with E-state index in [-0.39, 0.29) is 28.8 Å². The summed E-state index contributed by atoms with van der Waals surface area (Å²) in [5.74, 6) is 0. The van der Waals surface area contributed by atoms with Crippen LogP contribution in [0.15, 0.2) is 18.2 Å². The van der Waals surface area contributed by atoms with Gasteiger partial charge in [-0.25, -0.2) is 0 Å². The number of aryl methyl sites for hydroxylation is 1. The van der Waals surface area contributed by atoms with Crippen LogP contribution in [0.4, 0.5) is 11.4 Å². The van der Waals surface area contributed by atoms with E-state index in [0.717, 1.165) is 12.0 Å². The Morgan fingerprint density at radius 2 is 2.32 bits per heavy atom. The maximum atomic E-state index is 11.1. The van der Waals surface area contributed by atoms with Crippen LogP contribution in [0.2, 0.25) is 0 Å². The normalized spacial score (nSPS) is 25.7. The second-order valence-corrected chi connectivity index (χ2v) is 4.84. The summed E-state index contributed by atoms with van der Waals surface area (Å²) >= 11 is 0. The van der Waals surface area contributed by atoms with Gasteiger partial charge in [0.05, 0.1) is 17.1 Å². The zero-order valence-electron chi connectivity index (χ0n) is 11.1. The number of rotatable bonds is 5. The molecule has 0 aliphatic heterocycles. The minimum absolute atomic E-state index is 0.0286. The first-order chi connectivity index (χ1) is 9.02. The summed E-state index contributed by atoms with van der Waals surface area (Å²) in [6.45, 7) is 4.37. The van der Waals surface area contributed by atoms with Gasteiger partial charge < -0.3 is 15.8 Å². The van der Waals surface area contributed by atoms with Crippen molar-refractivity contribution < 1.29 is 9.66 Å². The van der Waals surface area contributed by atoms with E-state index in [1.807, 2.05) is 19.9 Å². The highest BCUT2D eigenvalue weighted by Crippen LogP contribution is 2.31. The third kappa shape index (κ3) is 2.85. The summed E-state index contributed by atoms with van der Waals surface area (Å²) in [4.78, 5) is 10.7. The smallest absolute Gasteiger partial charge is 0.292 e. The van der Waals surface area contributed by atoms with Crippen LogP contribution in [0.3, 0.4) is 0 Å². The Hall–Kier alpha value is -1.66. The molecule has 1 aromatic rings. The molecule has 0 radical (unpaired) electrons. The fourth-order valence-electron chi connectivity index (χ4n) is 2.32. The van der Waals surface area contributed by atoms with Gasteiger partial charge in [-0.1, -0.05) is 6.07 Å². The van der Waals surface area contributed by atoms with Crippen molar-refractivity contribution >= 4 is 11.4 Å². The quantitative estimate of drug-likeness (QED) is 0.626. The molecule has 1 fully saturated rings. The van der Waals surface area contributed by atoms with Gasteiger partial charge in [-0.3, -0.25) is 10.1 Å². The lowest BCUT2D eigenvalue weighted by atomic mass is 9.83. The van der Waals surface area contributed by atoms with Crippen LogP contribution in [-0.4, -0.2) is 29.7 Å².